The van der Waals surface area contributed by atoms with Crippen LogP contribution >= 0.6 is 0 Å². The lowest BCUT2D eigenvalue weighted by atomic mass is 9.84. The summed E-state index contributed by atoms with van der Waals surface area (Å²) in [5.41, 5.74) is 1.27. The van der Waals surface area contributed by atoms with E-state index in [1.807, 2.05) is 0 Å². The minimum Gasteiger partial charge on any atom is -0.381 e. The van der Waals surface area contributed by atoms with Gasteiger partial charge in [-0.15, -0.1) is 0 Å². The molecule has 0 bridgehead atoms. The molecule has 1 aromatic carbocycles. The van der Waals surface area contributed by atoms with Crippen molar-refractivity contribution in [3.05, 3.63) is 46.0 Å². The molecule has 2 N–H and O–H groups in total. The summed E-state index contributed by atoms with van der Waals surface area (Å²) in [5.74, 6) is -0.396. The van der Waals surface area contributed by atoms with Gasteiger partial charge in [0.1, 0.15) is 5.82 Å². The summed E-state index contributed by atoms with van der Waals surface area (Å²) >= 11 is 0. The minimum absolute atomic E-state index is 0.0531. The number of halogens is 1. The second-order valence-corrected chi connectivity index (χ2v) is 7.06. The van der Waals surface area contributed by atoms with Crippen molar-refractivity contribution in [1.29, 1.82) is 0 Å². The van der Waals surface area contributed by atoms with Crippen molar-refractivity contribution in [2.24, 2.45) is 0 Å². The third-order valence-electron chi connectivity index (χ3n) is 5.33. The molecule has 1 aromatic heterocycles. The summed E-state index contributed by atoms with van der Waals surface area (Å²) in [6.07, 6.45) is 3.83. The van der Waals surface area contributed by atoms with Gasteiger partial charge in [-0.3, -0.25) is 4.79 Å². The molecule has 2 fully saturated rings. The van der Waals surface area contributed by atoms with Crippen molar-refractivity contribution in [1.82, 2.24) is 10.3 Å². The summed E-state index contributed by atoms with van der Waals surface area (Å²) < 4.78 is 24.8. The second kappa shape index (κ2) is 6.86. The van der Waals surface area contributed by atoms with E-state index in [2.05, 4.69) is 10.3 Å². The number of pyridine rings is 1. The Hall–Kier alpha value is -1.76. The maximum absolute atomic E-state index is 13.3. The molecular weight excluding hydrogens is 323 g/mol. The fourth-order valence-electron chi connectivity index (χ4n) is 3.92. The standard InChI is InChI=1S/C19H23FN2O3/c20-13-1-2-17-16(9-13)18(23)10-15(22-17)12-21-14-3-6-25-19(11-14)4-7-24-8-5-19/h1-2,9-10,14,21H,3-8,11-12H2,(H,22,23)/t14-/m0/s1. The van der Waals surface area contributed by atoms with Gasteiger partial charge in [0.15, 0.2) is 5.43 Å². The number of fused-ring (bicyclic) bond motifs is 1. The third kappa shape index (κ3) is 3.61. The lowest BCUT2D eigenvalue weighted by Gasteiger charge is -2.43. The highest BCUT2D eigenvalue weighted by Gasteiger charge is 2.38. The molecule has 6 heteroatoms. The SMILES string of the molecule is O=c1cc(CN[C@H]2CCOC3(CCOCC3)C2)[nH]c2ccc(F)cc12. The zero-order valence-corrected chi connectivity index (χ0v) is 14.1. The highest BCUT2D eigenvalue weighted by molar-refractivity contribution is 5.78. The Bertz CT molecular complexity index is 808. The van der Waals surface area contributed by atoms with Crippen molar-refractivity contribution in [2.45, 2.75) is 43.9 Å². The summed E-state index contributed by atoms with van der Waals surface area (Å²) in [6.45, 7) is 2.87. The predicted molar refractivity (Wildman–Crippen MR) is 93.1 cm³/mol. The van der Waals surface area contributed by atoms with Gasteiger partial charge in [0, 0.05) is 55.1 Å². The van der Waals surface area contributed by atoms with E-state index >= 15 is 0 Å². The van der Waals surface area contributed by atoms with Crippen molar-refractivity contribution in [3.8, 4) is 0 Å². The smallest absolute Gasteiger partial charge is 0.189 e. The molecule has 2 saturated heterocycles. The molecule has 25 heavy (non-hydrogen) atoms. The lowest BCUT2D eigenvalue weighted by Crippen LogP contribution is -2.49. The molecule has 1 atom stereocenters. The van der Waals surface area contributed by atoms with E-state index in [1.54, 1.807) is 12.1 Å². The maximum Gasteiger partial charge on any atom is 0.189 e. The van der Waals surface area contributed by atoms with Gasteiger partial charge in [0.2, 0.25) is 0 Å². The van der Waals surface area contributed by atoms with E-state index < -0.39 is 5.82 Å². The van der Waals surface area contributed by atoms with Crippen LogP contribution in [-0.4, -0.2) is 36.4 Å². The zero-order chi connectivity index (χ0) is 17.3. The van der Waals surface area contributed by atoms with E-state index in [0.717, 1.165) is 51.2 Å². The van der Waals surface area contributed by atoms with Crippen LogP contribution < -0.4 is 10.7 Å². The van der Waals surface area contributed by atoms with Crippen LogP contribution in [0.15, 0.2) is 29.1 Å². The largest absolute Gasteiger partial charge is 0.381 e. The number of hydrogen-bond acceptors (Lipinski definition) is 4. The zero-order valence-electron chi connectivity index (χ0n) is 14.1. The van der Waals surface area contributed by atoms with Crippen LogP contribution in [0.4, 0.5) is 4.39 Å². The third-order valence-corrected chi connectivity index (χ3v) is 5.33. The van der Waals surface area contributed by atoms with Crippen LogP contribution in [0.1, 0.15) is 31.4 Å². The topological polar surface area (TPSA) is 63.4 Å². The lowest BCUT2D eigenvalue weighted by molar-refractivity contribution is -0.140. The van der Waals surface area contributed by atoms with Gasteiger partial charge in [-0.2, -0.15) is 0 Å². The fraction of sp³-hybridized carbons (Fsp3) is 0.526. The van der Waals surface area contributed by atoms with Crippen LogP contribution in [0.5, 0.6) is 0 Å². The van der Waals surface area contributed by atoms with Crippen LogP contribution in [0.25, 0.3) is 10.9 Å². The van der Waals surface area contributed by atoms with Crippen LogP contribution in [0, 0.1) is 5.82 Å². The Kier molecular flexibility index (Phi) is 4.58. The van der Waals surface area contributed by atoms with E-state index in [9.17, 15) is 9.18 Å². The van der Waals surface area contributed by atoms with Gasteiger partial charge >= 0.3 is 0 Å². The first-order chi connectivity index (χ1) is 12.1. The molecule has 5 nitrogen and oxygen atoms in total. The quantitative estimate of drug-likeness (QED) is 0.896. The number of rotatable bonds is 3. The van der Waals surface area contributed by atoms with Gasteiger partial charge in [-0.05, 0) is 43.9 Å². The Morgan fingerprint density at radius 2 is 2.08 bits per heavy atom. The highest BCUT2D eigenvalue weighted by Crippen LogP contribution is 2.34. The first kappa shape index (κ1) is 16.7. The Morgan fingerprint density at radius 1 is 1.24 bits per heavy atom. The van der Waals surface area contributed by atoms with Gasteiger partial charge in [0.25, 0.3) is 0 Å². The minimum atomic E-state index is -0.396. The highest BCUT2D eigenvalue weighted by atomic mass is 19.1. The van der Waals surface area contributed by atoms with E-state index in [0.29, 0.717) is 23.5 Å². The molecule has 2 aromatic rings. The molecule has 2 aliphatic heterocycles. The van der Waals surface area contributed by atoms with Crippen LogP contribution in [0.3, 0.4) is 0 Å². The molecule has 0 unspecified atom stereocenters. The van der Waals surface area contributed by atoms with Crippen LogP contribution in [-0.2, 0) is 16.0 Å². The van der Waals surface area contributed by atoms with Crippen molar-refractivity contribution in [2.75, 3.05) is 19.8 Å². The van der Waals surface area contributed by atoms with E-state index in [-0.39, 0.29) is 11.0 Å². The Balaban J connectivity index is 1.45. The van der Waals surface area contributed by atoms with Crippen LogP contribution in [0.2, 0.25) is 0 Å². The summed E-state index contributed by atoms with van der Waals surface area (Å²) in [5, 5.41) is 3.93. The molecule has 0 radical (unpaired) electrons. The number of hydrogen-bond donors (Lipinski definition) is 2. The predicted octanol–water partition coefficient (Wildman–Crippen LogP) is 2.49. The number of aromatic amines is 1. The van der Waals surface area contributed by atoms with Gasteiger partial charge in [-0.25, -0.2) is 4.39 Å². The van der Waals surface area contributed by atoms with E-state index in [1.165, 1.54) is 12.1 Å². The van der Waals surface area contributed by atoms with Crippen molar-refractivity contribution in [3.63, 3.8) is 0 Å². The second-order valence-electron chi connectivity index (χ2n) is 7.06. The van der Waals surface area contributed by atoms with E-state index in [4.69, 9.17) is 9.47 Å². The molecule has 0 amide bonds. The number of benzene rings is 1. The molecule has 0 aliphatic carbocycles. The normalized spacial score (nSPS) is 23.2. The molecule has 2 aliphatic rings. The fourth-order valence-corrected chi connectivity index (χ4v) is 3.92. The summed E-state index contributed by atoms with van der Waals surface area (Å²) in [7, 11) is 0. The van der Waals surface area contributed by atoms with Crippen molar-refractivity contribution < 1.29 is 13.9 Å². The van der Waals surface area contributed by atoms with Gasteiger partial charge < -0.3 is 19.8 Å². The monoisotopic (exact) mass is 346 g/mol. The molecule has 0 saturated carbocycles. The first-order valence-corrected chi connectivity index (χ1v) is 8.90. The molecule has 1 spiro atoms. The summed E-state index contributed by atoms with van der Waals surface area (Å²) in [4.78, 5) is 15.4. The molecule has 4 rings (SSSR count). The average molecular weight is 346 g/mol. The van der Waals surface area contributed by atoms with Gasteiger partial charge in [0.05, 0.1) is 5.60 Å². The molecular formula is C19H23FN2O3. The average Bonchev–Trinajstić information content (AvgIpc) is 2.61. The number of H-pyrrole nitrogens is 1. The summed E-state index contributed by atoms with van der Waals surface area (Å²) in [6, 6.07) is 6.17. The number of ether oxygens (including phenoxy) is 2. The maximum atomic E-state index is 13.3. The number of nitrogens with one attached hydrogen (secondary N) is 2. The number of aromatic nitrogens is 1. The molecule has 3 heterocycles. The van der Waals surface area contributed by atoms with Crippen molar-refractivity contribution >= 4 is 10.9 Å². The Morgan fingerprint density at radius 3 is 2.92 bits per heavy atom. The first-order valence-electron chi connectivity index (χ1n) is 8.90. The van der Waals surface area contributed by atoms with Gasteiger partial charge in [-0.1, -0.05) is 0 Å². The molecule has 134 valence electrons. The Labute approximate surface area is 145 Å².